The molecule has 0 aliphatic heterocycles. The number of hydrogen-bond donors (Lipinski definition) is 2. The van der Waals surface area contributed by atoms with E-state index in [-0.39, 0.29) is 5.91 Å². The SMILES string of the molecule is CNC(=O)c1cc(OCc2ccccc2)c2cc(C(=O)OC)[nH]c2c1. The van der Waals surface area contributed by atoms with Crippen LogP contribution in [0.3, 0.4) is 0 Å². The summed E-state index contributed by atoms with van der Waals surface area (Å²) >= 11 is 0. The summed E-state index contributed by atoms with van der Waals surface area (Å²) in [7, 11) is 2.88. The lowest BCUT2D eigenvalue weighted by Gasteiger charge is -2.10. The molecule has 0 aliphatic rings. The molecule has 1 aromatic heterocycles. The van der Waals surface area contributed by atoms with Gasteiger partial charge in [0.2, 0.25) is 0 Å². The number of methoxy groups -OCH3 is 1. The number of amides is 1. The normalized spacial score (nSPS) is 10.5. The average Bonchev–Trinajstić information content (AvgIpc) is 3.09. The number of fused-ring (bicyclic) bond motifs is 1. The van der Waals surface area contributed by atoms with Gasteiger partial charge >= 0.3 is 5.97 Å². The fourth-order valence-electron chi connectivity index (χ4n) is 2.55. The van der Waals surface area contributed by atoms with Gasteiger partial charge in [-0.3, -0.25) is 4.79 Å². The van der Waals surface area contributed by atoms with Gasteiger partial charge in [0.25, 0.3) is 5.91 Å². The summed E-state index contributed by atoms with van der Waals surface area (Å²) in [5.41, 5.74) is 2.38. The van der Waals surface area contributed by atoms with E-state index >= 15 is 0 Å². The Balaban J connectivity index is 2.02. The number of aromatic amines is 1. The fraction of sp³-hybridized carbons (Fsp3) is 0.158. The van der Waals surface area contributed by atoms with Gasteiger partial charge in [-0.15, -0.1) is 0 Å². The van der Waals surface area contributed by atoms with Crippen molar-refractivity contribution in [2.75, 3.05) is 14.2 Å². The first-order chi connectivity index (χ1) is 12.1. The Morgan fingerprint density at radius 3 is 2.56 bits per heavy atom. The second-order valence-corrected chi connectivity index (χ2v) is 5.46. The first-order valence-corrected chi connectivity index (χ1v) is 7.76. The Morgan fingerprint density at radius 1 is 1.12 bits per heavy atom. The number of rotatable bonds is 5. The molecule has 6 nitrogen and oxygen atoms in total. The molecule has 0 aliphatic carbocycles. The van der Waals surface area contributed by atoms with Gasteiger partial charge in [-0.1, -0.05) is 30.3 Å². The summed E-state index contributed by atoms with van der Waals surface area (Å²) in [6, 6.07) is 14.7. The molecule has 0 fully saturated rings. The van der Waals surface area contributed by atoms with Crippen LogP contribution in [0.2, 0.25) is 0 Å². The van der Waals surface area contributed by atoms with Gasteiger partial charge in [-0.2, -0.15) is 0 Å². The molecule has 6 heteroatoms. The van der Waals surface area contributed by atoms with Crippen LogP contribution >= 0.6 is 0 Å². The number of aromatic nitrogens is 1. The topological polar surface area (TPSA) is 80.4 Å². The summed E-state index contributed by atoms with van der Waals surface area (Å²) in [5.74, 6) is -0.196. The molecule has 1 heterocycles. The first-order valence-electron chi connectivity index (χ1n) is 7.76. The van der Waals surface area contributed by atoms with Gasteiger partial charge in [0.1, 0.15) is 18.1 Å². The van der Waals surface area contributed by atoms with E-state index in [4.69, 9.17) is 9.47 Å². The highest BCUT2D eigenvalue weighted by atomic mass is 16.5. The van der Waals surface area contributed by atoms with Gasteiger partial charge in [-0.05, 0) is 23.8 Å². The van der Waals surface area contributed by atoms with Gasteiger partial charge in [-0.25, -0.2) is 4.79 Å². The molecule has 128 valence electrons. The van der Waals surface area contributed by atoms with Crippen molar-refractivity contribution in [3.8, 4) is 5.75 Å². The van der Waals surface area contributed by atoms with Crippen molar-refractivity contribution in [2.24, 2.45) is 0 Å². The number of esters is 1. The van der Waals surface area contributed by atoms with Crippen LogP contribution in [0.1, 0.15) is 26.4 Å². The van der Waals surface area contributed by atoms with E-state index in [1.54, 1.807) is 25.2 Å². The number of hydrogen-bond acceptors (Lipinski definition) is 4. The Labute approximate surface area is 144 Å². The zero-order valence-electron chi connectivity index (χ0n) is 14.0. The summed E-state index contributed by atoms with van der Waals surface area (Å²) in [5, 5.41) is 3.30. The van der Waals surface area contributed by atoms with E-state index in [1.165, 1.54) is 7.11 Å². The average molecular weight is 338 g/mol. The van der Waals surface area contributed by atoms with Gasteiger partial charge < -0.3 is 19.8 Å². The molecule has 0 atom stereocenters. The van der Waals surface area contributed by atoms with E-state index in [1.807, 2.05) is 30.3 Å². The fourth-order valence-corrected chi connectivity index (χ4v) is 2.55. The molecule has 0 bridgehead atoms. The lowest BCUT2D eigenvalue weighted by molar-refractivity contribution is 0.0595. The third kappa shape index (κ3) is 3.47. The number of benzene rings is 2. The standard InChI is InChI=1S/C19H18N2O4/c1-20-18(22)13-8-15-14(10-16(21-15)19(23)24-2)17(9-13)25-11-12-6-4-3-5-7-12/h3-10,21H,11H2,1-2H3,(H,20,22). The van der Waals surface area contributed by atoms with E-state index < -0.39 is 5.97 Å². The number of H-pyrrole nitrogens is 1. The number of ether oxygens (including phenoxy) is 2. The minimum atomic E-state index is -0.480. The van der Waals surface area contributed by atoms with Crippen molar-refractivity contribution < 1.29 is 19.1 Å². The summed E-state index contributed by atoms with van der Waals surface area (Å²) < 4.78 is 10.7. The van der Waals surface area contributed by atoms with Crippen molar-refractivity contribution in [2.45, 2.75) is 6.61 Å². The van der Waals surface area contributed by atoms with Crippen LogP contribution in [0.5, 0.6) is 5.75 Å². The van der Waals surface area contributed by atoms with E-state index in [9.17, 15) is 9.59 Å². The summed E-state index contributed by atoms with van der Waals surface area (Å²) in [6.07, 6.45) is 0. The van der Waals surface area contributed by atoms with Crippen LogP contribution < -0.4 is 10.1 Å². The smallest absolute Gasteiger partial charge is 0.354 e. The van der Waals surface area contributed by atoms with E-state index in [0.717, 1.165) is 5.56 Å². The largest absolute Gasteiger partial charge is 0.488 e. The highest BCUT2D eigenvalue weighted by Crippen LogP contribution is 2.29. The van der Waals surface area contributed by atoms with Gasteiger partial charge in [0.15, 0.2) is 0 Å². The first kappa shape index (κ1) is 16.6. The van der Waals surface area contributed by atoms with Crippen LogP contribution in [-0.4, -0.2) is 31.0 Å². The predicted octanol–water partition coefficient (Wildman–Crippen LogP) is 2.89. The zero-order chi connectivity index (χ0) is 17.8. The molecule has 2 N–H and O–H groups in total. The quantitative estimate of drug-likeness (QED) is 0.701. The Kier molecular flexibility index (Phi) is 4.70. The number of carbonyl (C=O) groups excluding carboxylic acids is 2. The maximum Gasteiger partial charge on any atom is 0.354 e. The number of carbonyl (C=O) groups is 2. The van der Waals surface area contributed by atoms with E-state index in [2.05, 4.69) is 10.3 Å². The molecule has 25 heavy (non-hydrogen) atoms. The van der Waals surface area contributed by atoms with Gasteiger partial charge in [0, 0.05) is 18.0 Å². The van der Waals surface area contributed by atoms with Crippen molar-refractivity contribution in [1.82, 2.24) is 10.3 Å². The van der Waals surface area contributed by atoms with Crippen LogP contribution in [0.25, 0.3) is 10.9 Å². The van der Waals surface area contributed by atoms with Crippen molar-refractivity contribution in [1.29, 1.82) is 0 Å². The predicted molar refractivity (Wildman–Crippen MR) is 93.8 cm³/mol. The maximum absolute atomic E-state index is 12.0. The molecule has 1 amide bonds. The van der Waals surface area contributed by atoms with Crippen LogP contribution in [0.15, 0.2) is 48.5 Å². The minimum absolute atomic E-state index is 0.235. The molecule has 3 aromatic rings. The van der Waals surface area contributed by atoms with Crippen LogP contribution in [0.4, 0.5) is 0 Å². The van der Waals surface area contributed by atoms with Crippen molar-refractivity contribution in [3.63, 3.8) is 0 Å². The van der Waals surface area contributed by atoms with Crippen LogP contribution in [-0.2, 0) is 11.3 Å². The molecule has 3 rings (SSSR count). The summed E-state index contributed by atoms with van der Waals surface area (Å²) in [6.45, 7) is 0.353. The monoisotopic (exact) mass is 338 g/mol. The Morgan fingerprint density at radius 2 is 1.88 bits per heavy atom. The molecule has 0 saturated carbocycles. The molecule has 2 aromatic carbocycles. The second kappa shape index (κ2) is 7.09. The Bertz CT molecular complexity index is 916. The molecular formula is C19H18N2O4. The highest BCUT2D eigenvalue weighted by Gasteiger charge is 2.16. The summed E-state index contributed by atoms with van der Waals surface area (Å²) in [4.78, 5) is 26.8. The van der Waals surface area contributed by atoms with Crippen molar-refractivity contribution >= 4 is 22.8 Å². The van der Waals surface area contributed by atoms with E-state index in [0.29, 0.717) is 34.5 Å². The van der Waals surface area contributed by atoms with Crippen LogP contribution in [0, 0.1) is 0 Å². The molecule has 0 unspecified atom stereocenters. The second-order valence-electron chi connectivity index (χ2n) is 5.46. The zero-order valence-corrected chi connectivity index (χ0v) is 14.0. The molecular weight excluding hydrogens is 320 g/mol. The molecule has 0 saturated heterocycles. The third-order valence-corrected chi connectivity index (χ3v) is 3.83. The van der Waals surface area contributed by atoms with Gasteiger partial charge in [0.05, 0.1) is 12.6 Å². The third-order valence-electron chi connectivity index (χ3n) is 3.83. The maximum atomic E-state index is 12.0. The number of nitrogens with one attached hydrogen (secondary N) is 2. The highest BCUT2D eigenvalue weighted by molar-refractivity contribution is 6.02. The molecule has 0 radical (unpaired) electrons. The lowest BCUT2D eigenvalue weighted by atomic mass is 10.1. The minimum Gasteiger partial charge on any atom is -0.488 e. The molecule has 0 spiro atoms. The lowest BCUT2D eigenvalue weighted by Crippen LogP contribution is -2.17. The Hall–Kier alpha value is -3.28. The van der Waals surface area contributed by atoms with Crippen molar-refractivity contribution in [3.05, 3.63) is 65.4 Å².